The molecule has 2 bridgehead atoms. The third-order valence-corrected chi connectivity index (χ3v) is 3.21. The highest BCUT2D eigenvalue weighted by Crippen LogP contribution is 2.35. The Morgan fingerprint density at radius 2 is 2.36 bits per heavy atom. The Labute approximate surface area is 83.0 Å². The van der Waals surface area contributed by atoms with Crippen molar-refractivity contribution in [2.24, 2.45) is 5.92 Å². The number of halogens is 1. The van der Waals surface area contributed by atoms with E-state index in [-0.39, 0.29) is 17.9 Å². The minimum Gasteiger partial charge on any atom is -0.465 e. The van der Waals surface area contributed by atoms with Gasteiger partial charge in [-0.05, 0) is 26.2 Å². The molecular formula is C10H16FNO2. The maximum Gasteiger partial charge on any atom is 0.323 e. The molecule has 0 unspecified atom stereocenters. The molecule has 0 amide bonds. The minimum absolute atomic E-state index is 0.168. The summed E-state index contributed by atoms with van der Waals surface area (Å²) in [6.07, 6.45) is 1.52. The van der Waals surface area contributed by atoms with Crippen molar-refractivity contribution in [2.45, 2.75) is 44.4 Å². The van der Waals surface area contributed by atoms with Crippen LogP contribution in [0.25, 0.3) is 0 Å². The van der Waals surface area contributed by atoms with Crippen molar-refractivity contribution in [1.82, 2.24) is 5.32 Å². The number of ether oxygens (including phenoxy) is 1. The molecule has 0 spiro atoms. The van der Waals surface area contributed by atoms with Gasteiger partial charge in [-0.1, -0.05) is 0 Å². The number of rotatable bonds is 2. The maximum atomic E-state index is 13.5. The van der Waals surface area contributed by atoms with Crippen molar-refractivity contribution < 1.29 is 13.9 Å². The van der Waals surface area contributed by atoms with Crippen LogP contribution in [0, 0.1) is 5.92 Å². The number of hydrogen-bond acceptors (Lipinski definition) is 3. The molecule has 3 rings (SSSR count). The molecule has 2 heterocycles. The Morgan fingerprint density at radius 3 is 2.93 bits per heavy atom. The van der Waals surface area contributed by atoms with Gasteiger partial charge in [-0.3, -0.25) is 4.79 Å². The molecule has 1 N–H and O–H groups in total. The van der Waals surface area contributed by atoms with Crippen LogP contribution in [0.5, 0.6) is 0 Å². The summed E-state index contributed by atoms with van der Waals surface area (Å²) >= 11 is 0. The third-order valence-electron chi connectivity index (χ3n) is 3.21. The molecule has 0 aromatic carbocycles. The normalized spacial score (nSPS) is 41.0. The van der Waals surface area contributed by atoms with Crippen molar-refractivity contribution >= 4 is 5.97 Å². The SMILES string of the molecule is CCOC(=O)[C@H]1N[C@@H]2CC[C@@H]1[C@H](F)C2. The van der Waals surface area contributed by atoms with Crippen LogP contribution in [0.15, 0.2) is 0 Å². The molecule has 3 nitrogen and oxygen atoms in total. The summed E-state index contributed by atoms with van der Waals surface area (Å²) in [5.74, 6) is -0.455. The number of nitrogens with one attached hydrogen (secondary N) is 1. The first kappa shape index (κ1) is 9.90. The number of carbonyl (C=O) groups excluding carboxylic acids is 1. The van der Waals surface area contributed by atoms with Crippen LogP contribution in [-0.4, -0.2) is 30.8 Å². The van der Waals surface area contributed by atoms with Crippen LogP contribution in [0.3, 0.4) is 0 Å². The van der Waals surface area contributed by atoms with Gasteiger partial charge in [-0.2, -0.15) is 0 Å². The number of piperidine rings is 2. The molecule has 0 aromatic rings. The van der Waals surface area contributed by atoms with E-state index in [0.717, 1.165) is 12.8 Å². The first-order valence-corrected chi connectivity index (χ1v) is 5.29. The first-order chi connectivity index (χ1) is 6.72. The van der Waals surface area contributed by atoms with Gasteiger partial charge in [-0.25, -0.2) is 4.39 Å². The van der Waals surface area contributed by atoms with E-state index in [0.29, 0.717) is 13.0 Å². The monoisotopic (exact) mass is 201 g/mol. The Morgan fingerprint density at radius 1 is 1.57 bits per heavy atom. The lowest BCUT2D eigenvalue weighted by Crippen LogP contribution is -2.60. The summed E-state index contributed by atoms with van der Waals surface area (Å²) in [5.41, 5.74) is 0. The van der Waals surface area contributed by atoms with Crippen molar-refractivity contribution in [3.05, 3.63) is 0 Å². The summed E-state index contributed by atoms with van der Waals surface area (Å²) in [7, 11) is 0. The minimum atomic E-state index is -0.829. The number of carbonyl (C=O) groups is 1. The average molecular weight is 201 g/mol. The topological polar surface area (TPSA) is 38.3 Å². The lowest BCUT2D eigenvalue weighted by molar-refractivity contribution is -0.151. The molecule has 80 valence electrons. The van der Waals surface area contributed by atoms with Gasteiger partial charge in [0.25, 0.3) is 0 Å². The van der Waals surface area contributed by atoms with Crippen LogP contribution >= 0.6 is 0 Å². The zero-order valence-electron chi connectivity index (χ0n) is 8.33. The Bertz CT molecular complexity index is 234. The second-order valence-electron chi connectivity index (χ2n) is 4.09. The summed E-state index contributed by atoms with van der Waals surface area (Å²) in [6.45, 7) is 2.14. The van der Waals surface area contributed by atoms with Gasteiger partial charge < -0.3 is 10.1 Å². The molecule has 4 heteroatoms. The molecule has 2 saturated heterocycles. The van der Waals surface area contributed by atoms with E-state index in [1.165, 1.54) is 0 Å². The van der Waals surface area contributed by atoms with E-state index < -0.39 is 12.2 Å². The molecular weight excluding hydrogens is 185 g/mol. The average Bonchev–Trinajstić information content (AvgIpc) is 2.18. The second-order valence-corrected chi connectivity index (χ2v) is 4.09. The molecule has 3 fully saturated rings. The quantitative estimate of drug-likeness (QED) is 0.678. The van der Waals surface area contributed by atoms with Gasteiger partial charge in [0.15, 0.2) is 0 Å². The lowest BCUT2D eigenvalue weighted by atomic mass is 9.75. The third kappa shape index (κ3) is 1.63. The first-order valence-electron chi connectivity index (χ1n) is 5.29. The predicted octanol–water partition coefficient (Wildman–Crippen LogP) is 1.03. The number of esters is 1. The Kier molecular flexibility index (Phi) is 2.72. The highest BCUT2D eigenvalue weighted by Gasteiger charge is 2.45. The molecule has 1 aliphatic carbocycles. The van der Waals surface area contributed by atoms with E-state index in [2.05, 4.69) is 5.32 Å². The predicted molar refractivity (Wildman–Crippen MR) is 49.6 cm³/mol. The number of fused-ring (bicyclic) bond motifs is 3. The summed E-state index contributed by atoms with van der Waals surface area (Å²) in [4.78, 5) is 11.5. The van der Waals surface area contributed by atoms with Gasteiger partial charge >= 0.3 is 5.97 Å². The van der Waals surface area contributed by atoms with Crippen molar-refractivity contribution in [3.63, 3.8) is 0 Å². The zero-order chi connectivity index (χ0) is 10.1. The van der Waals surface area contributed by atoms with E-state index in [1.54, 1.807) is 6.92 Å². The smallest absolute Gasteiger partial charge is 0.323 e. The Hall–Kier alpha value is -0.640. The fourth-order valence-corrected chi connectivity index (χ4v) is 2.52. The summed E-state index contributed by atoms with van der Waals surface area (Å²) < 4.78 is 18.4. The molecule has 2 aliphatic heterocycles. The van der Waals surface area contributed by atoms with Crippen molar-refractivity contribution in [1.29, 1.82) is 0 Å². The fraction of sp³-hybridized carbons (Fsp3) is 0.900. The van der Waals surface area contributed by atoms with Gasteiger partial charge in [0.05, 0.1) is 6.61 Å². The van der Waals surface area contributed by atoms with Gasteiger partial charge in [-0.15, -0.1) is 0 Å². The number of hydrogen-bond donors (Lipinski definition) is 1. The second kappa shape index (κ2) is 3.85. The van der Waals surface area contributed by atoms with Crippen molar-refractivity contribution in [2.75, 3.05) is 6.61 Å². The number of alkyl halides is 1. The standard InChI is InChI=1S/C10H16FNO2/c1-2-14-10(13)9-7-4-3-6(12-9)5-8(7)11/h6-9,12H,2-5H2,1H3/t6-,7-,8-,9+/m1/s1. The molecule has 0 aromatic heterocycles. The van der Waals surface area contributed by atoms with Crippen LogP contribution in [0.1, 0.15) is 26.2 Å². The van der Waals surface area contributed by atoms with Gasteiger partial charge in [0.1, 0.15) is 12.2 Å². The Balaban J connectivity index is 2.03. The van der Waals surface area contributed by atoms with Crippen LogP contribution in [0.2, 0.25) is 0 Å². The highest BCUT2D eigenvalue weighted by atomic mass is 19.1. The molecule has 0 radical (unpaired) electrons. The van der Waals surface area contributed by atoms with Gasteiger partial charge in [0, 0.05) is 12.0 Å². The van der Waals surface area contributed by atoms with E-state index in [4.69, 9.17) is 4.74 Å². The maximum absolute atomic E-state index is 13.5. The highest BCUT2D eigenvalue weighted by molar-refractivity contribution is 5.76. The molecule has 4 atom stereocenters. The molecule has 14 heavy (non-hydrogen) atoms. The van der Waals surface area contributed by atoms with Gasteiger partial charge in [0.2, 0.25) is 0 Å². The van der Waals surface area contributed by atoms with E-state index in [9.17, 15) is 9.18 Å². The molecule has 3 aliphatic rings. The van der Waals surface area contributed by atoms with E-state index in [1.807, 2.05) is 0 Å². The summed E-state index contributed by atoms with van der Waals surface area (Å²) in [5, 5.41) is 3.15. The van der Waals surface area contributed by atoms with Crippen molar-refractivity contribution in [3.8, 4) is 0 Å². The largest absolute Gasteiger partial charge is 0.465 e. The molecule has 1 saturated carbocycles. The lowest BCUT2D eigenvalue weighted by Gasteiger charge is -2.44. The van der Waals surface area contributed by atoms with E-state index >= 15 is 0 Å². The fourth-order valence-electron chi connectivity index (χ4n) is 2.52. The summed E-state index contributed by atoms with van der Waals surface area (Å²) in [6, 6.07) is -0.234. The van der Waals surface area contributed by atoms with Crippen LogP contribution in [-0.2, 0) is 9.53 Å². The van der Waals surface area contributed by atoms with Crippen LogP contribution < -0.4 is 5.32 Å². The zero-order valence-corrected chi connectivity index (χ0v) is 8.33. The van der Waals surface area contributed by atoms with Crippen LogP contribution in [0.4, 0.5) is 4.39 Å².